The molecule has 1 N–H and O–H groups in total. The Bertz CT molecular complexity index is 894. The van der Waals surface area contributed by atoms with Gasteiger partial charge in [-0.15, -0.1) is 0 Å². The third-order valence-corrected chi connectivity index (χ3v) is 6.30. The van der Waals surface area contributed by atoms with E-state index >= 15 is 0 Å². The predicted octanol–water partition coefficient (Wildman–Crippen LogP) is 2.00. The summed E-state index contributed by atoms with van der Waals surface area (Å²) in [5.41, 5.74) is 2.86. The number of aromatic nitrogens is 2. The molecule has 154 valence electrons. The molecule has 0 aliphatic carbocycles. The van der Waals surface area contributed by atoms with Crippen molar-refractivity contribution in [1.29, 1.82) is 0 Å². The Morgan fingerprint density at radius 1 is 1.21 bits per heavy atom. The van der Waals surface area contributed by atoms with Gasteiger partial charge in [0, 0.05) is 57.7 Å². The maximum absolute atomic E-state index is 12.6. The second-order valence-corrected chi connectivity index (χ2v) is 8.29. The number of hydrogen-bond donors (Lipinski definition) is 1. The summed E-state index contributed by atoms with van der Waals surface area (Å²) >= 11 is 0. The van der Waals surface area contributed by atoms with Crippen molar-refractivity contribution in [2.75, 3.05) is 31.5 Å². The molecule has 2 aromatic rings. The molecule has 3 atom stereocenters. The minimum absolute atomic E-state index is 0.0165. The molecule has 0 bridgehead atoms. The van der Waals surface area contributed by atoms with Gasteiger partial charge in [-0.1, -0.05) is 30.3 Å². The zero-order chi connectivity index (χ0) is 20.5. The monoisotopic (exact) mass is 395 g/mol. The maximum Gasteiger partial charge on any atom is 0.238 e. The largest absolute Gasteiger partial charge is 0.339 e. The molecule has 1 aromatic heterocycles. The molecule has 2 amide bonds. The van der Waals surface area contributed by atoms with Gasteiger partial charge in [0.2, 0.25) is 11.8 Å². The van der Waals surface area contributed by atoms with Gasteiger partial charge in [0.05, 0.1) is 17.9 Å². The first-order valence-corrected chi connectivity index (χ1v) is 10.3. The van der Waals surface area contributed by atoms with Gasteiger partial charge < -0.3 is 10.2 Å². The van der Waals surface area contributed by atoms with E-state index in [-0.39, 0.29) is 17.9 Å². The van der Waals surface area contributed by atoms with Crippen molar-refractivity contribution in [2.45, 2.75) is 32.2 Å². The number of benzene rings is 1. The Kier molecular flexibility index (Phi) is 5.41. The fraction of sp³-hybridized carbons (Fsp3) is 0.500. The normalized spacial score (nSPS) is 24.4. The third kappa shape index (κ3) is 4.05. The van der Waals surface area contributed by atoms with E-state index < -0.39 is 0 Å². The summed E-state index contributed by atoms with van der Waals surface area (Å²) in [5, 5.41) is 7.25. The summed E-state index contributed by atoms with van der Waals surface area (Å²) in [5.74, 6) is 0.799. The number of likely N-dealkylation sites (tertiary alicyclic amines) is 2. The SMILES string of the molecule is CC(=O)N1C[C@H](c2ccccc2)[C@H]2CN(CC(=O)Nc3cn(C)nc3C)CC[C@H]21. The van der Waals surface area contributed by atoms with Crippen LogP contribution >= 0.6 is 0 Å². The molecule has 4 rings (SSSR count). The summed E-state index contributed by atoms with van der Waals surface area (Å²) in [6.07, 6.45) is 2.74. The van der Waals surface area contributed by atoms with Crippen LogP contribution in [0.3, 0.4) is 0 Å². The number of amides is 2. The van der Waals surface area contributed by atoms with Crippen molar-refractivity contribution in [3.8, 4) is 0 Å². The lowest BCUT2D eigenvalue weighted by Crippen LogP contribution is -2.49. The zero-order valence-electron chi connectivity index (χ0n) is 17.3. The highest BCUT2D eigenvalue weighted by molar-refractivity contribution is 5.92. The standard InChI is InChI=1S/C22H29N5O2/c1-15-20(13-25(3)24-15)23-22(29)14-26-10-9-21-19(11-26)18(12-27(21)16(2)28)17-7-5-4-6-8-17/h4-8,13,18-19,21H,9-12,14H2,1-3H3,(H,23,29)/t18-,19-,21-/m1/s1. The quantitative estimate of drug-likeness (QED) is 0.860. The third-order valence-electron chi connectivity index (χ3n) is 6.30. The van der Waals surface area contributed by atoms with Gasteiger partial charge in [0.25, 0.3) is 0 Å². The van der Waals surface area contributed by atoms with Crippen LogP contribution in [0.4, 0.5) is 5.69 Å². The van der Waals surface area contributed by atoms with Crippen molar-refractivity contribution >= 4 is 17.5 Å². The molecule has 0 radical (unpaired) electrons. The highest BCUT2D eigenvalue weighted by Gasteiger charge is 2.46. The van der Waals surface area contributed by atoms with Gasteiger partial charge in [-0.3, -0.25) is 19.2 Å². The van der Waals surface area contributed by atoms with E-state index in [2.05, 4.69) is 39.6 Å². The topological polar surface area (TPSA) is 70.5 Å². The molecular weight excluding hydrogens is 366 g/mol. The van der Waals surface area contributed by atoms with E-state index in [0.717, 1.165) is 37.4 Å². The average Bonchev–Trinajstić information content (AvgIpc) is 3.21. The minimum Gasteiger partial charge on any atom is -0.339 e. The lowest BCUT2D eigenvalue weighted by atomic mass is 9.82. The van der Waals surface area contributed by atoms with Crippen LogP contribution in [0.1, 0.15) is 30.5 Å². The number of hydrogen-bond acceptors (Lipinski definition) is 4. The summed E-state index contributed by atoms with van der Waals surface area (Å²) < 4.78 is 1.70. The molecule has 7 nitrogen and oxygen atoms in total. The van der Waals surface area contributed by atoms with Gasteiger partial charge in [-0.25, -0.2) is 0 Å². The van der Waals surface area contributed by atoms with Crippen LogP contribution in [0, 0.1) is 12.8 Å². The van der Waals surface area contributed by atoms with E-state index in [9.17, 15) is 9.59 Å². The Balaban J connectivity index is 1.45. The Morgan fingerprint density at radius 3 is 2.62 bits per heavy atom. The second-order valence-electron chi connectivity index (χ2n) is 8.29. The van der Waals surface area contributed by atoms with Crippen LogP contribution in [-0.4, -0.2) is 63.6 Å². The molecule has 0 unspecified atom stereocenters. The molecular formula is C22H29N5O2. The number of rotatable bonds is 4. The number of nitrogens with one attached hydrogen (secondary N) is 1. The predicted molar refractivity (Wildman–Crippen MR) is 111 cm³/mol. The molecule has 3 heterocycles. The minimum atomic E-state index is -0.0165. The first-order valence-electron chi connectivity index (χ1n) is 10.3. The fourth-order valence-electron chi connectivity index (χ4n) is 4.98. The summed E-state index contributed by atoms with van der Waals surface area (Å²) in [6, 6.07) is 10.7. The average molecular weight is 396 g/mol. The van der Waals surface area contributed by atoms with Gasteiger partial charge in [-0.2, -0.15) is 5.10 Å². The van der Waals surface area contributed by atoms with E-state index in [1.54, 1.807) is 11.6 Å². The van der Waals surface area contributed by atoms with Crippen molar-refractivity contribution in [3.63, 3.8) is 0 Å². The summed E-state index contributed by atoms with van der Waals surface area (Å²) in [7, 11) is 1.85. The lowest BCUT2D eigenvalue weighted by Gasteiger charge is -2.38. The van der Waals surface area contributed by atoms with E-state index in [1.165, 1.54) is 5.56 Å². The lowest BCUT2D eigenvalue weighted by molar-refractivity contribution is -0.131. The Hall–Kier alpha value is -2.67. The van der Waals surface area contributed by atoms with E-state index in [0.29, 0.717) is 18.4 Å². The molecule has 7 heteroatoms. The first kappa shape index (κ1) is 19.6. The van der Waals surface area contributed by atoms with Crippen LogP contribution in [0.25, 0.3) is 0 Å². The van der Waals surface area contributed by atoms with Gasteiger partial charge in [0.15, 0.2) is 0 Å². The maximum atomic E-state index is 12.6. The number of carbonyl (C=O) groups excluding carboxylic acids is 2. The van der Waals surface area contributed by atoms with Gasteiger partial charge in [0.1, 0.15) is 0 Å². The van der Waals surface area contributed by atoms with Crippen molar-refractivity contribution in [2.24, 2.45) is 13.0 Å². The smallest absolute Gasteiger partial charge is 0.238 e. The molecule has 0 spiro atoms. The first-order chi connectivity index (χ1) is 13.9. The van der Waals surface area contributed by atoms with Crippen LogP contribution < -0.4 is 5.32 Å². The second kappa shape index (κ2) is 7.99. The number of anilines is 1. The summed E-state index contributed by atoms with van der Waals surface area (Å²) in [6.45, 7) is 6.34. The van der Waals surface area contributed by atoms with Crippen LogP contribution in [-0.2, 0) is 16.6 Å². The number of aryl methyl sites for hydroxylation is 2. The van der Waals surface area contributed by atoms with Crippen molar-refractivity contribution in [3.05, 3.63) is 47.8 Å². The highest BCUT2D eigenvalue weighted by Crippen LogP contribution is 2.41. The van der Waals surface area contributed by atoms with Gasteiger partial charge >= 0.3 is 0 Å². The number of fused-ring (bicyclic) bond motifs is 1. The Morgan fingerprint density at radius 2 is 1.97 bits per heavy atom. The zero-order valence-corrected chi connectivity index (χ0v) is 17.3. The number of carbonyl (C=O) groups is 2. The molecule has 2 fully saturated rings. The molecule has 29 heavy (non-hydrogen) atoms. The summed E-state index contributed by atoms with van der Waals surface area (Å²) in [4.78, 5) is 29.1. The van der Waals surface area contributed by atoms with Crippen molar-refractivity contribution in [1.82, 2.24) is 19.6 Å². The van der Waals surface area contributed by atoms with E-state index in [4.69, 9.17) is 0 Å². The highest BCUT2D eigenvalue weighted by atomic mass is 16.2. The molecule has 2 aliphatic heterocycles. The molecule has 0 saturated carbocycles. The fourth-order valence-corrected chi connectivity index (χ4v) is 4.98. The Labute approximate surface area is 171 Å². The molecule has 2 saturated heterocycles. The van der Waals surface area contributed by atoms with Crippen LogP contribution in [0.5, 0.6) is 0 Å². The number of nitrogens with zero attached hydrogens (tertiary/aromatic N) is 4. The molecule has 2 aliphatic rings. The van der Waals surface area contributed by atoms with E-state index in [1.807, 2.05) is 31.1 Å². The molecule has 1 aromatic carbocycles. The van der Waals surface area contributed by atoms with Crippen LogP contribution in [0.2, 0.25) is 0 Å². The van der Waals surface area contributed by atoms with Crippen molar-refractivity contribution < 1.29 is 9.59 Å². The van der Waals surface area contributed by atoms with Crippen LogP contribution in [0.15, 0.2) is 36.5 Å². The number of piperidine rings is 1. The van der Waals surface area contributed by atoms with Gasteiger partial charge in [-0.05, 0) is 18.9 Å².